The summed E-state index contributed by atoms with van der Waals surface area (Å²) in [5.74, 6) is -1.84. The monoisotopic (exact) mass is 426 g/mol. The van der Waals surface area contributed by atoms with Crippen LogP contribution in [0.2, 0.25) is 0 Å². The molecule has 31 heavy (non-hydrogen) atoms. The summed E-state index contributed by atoms with van der Waals surface area (Å²) in [6, 6.07) is 8.84. The minimum Gasteiger partial charge on any atom is -0.496 e. The van der Waals surface area contributed by atoms with Crippen molar-refractivity contribution in [2.75, 3.05) is 7.11 Å². The van der Waals surface area contributed by atoms with Crippen molar-refractivity contribution in [1.29, 1.82) is 0 Å². The number of ether oxygens (including phenoxy) is 4. The van der Waals surface area contributed by atoms with Crippen LogP contribution in [0, 0.1) is 0 Å². The molecular weight excluding hydrogens is 408 g/mol. The van der Waals surface area contributed by atoms with Gasteiger partial charge in [-0.15, -0.1) is 0 Å². The molecular formula is C22H18O9. The number of hydrogen-bond donors (Lipinski definition) is 0. The summed E-state index contributed by atoms with van der Waals surface area (Å²) >= 11 is 0. The highest BCUT2D eigenvalue weighted by atomic mass is 16.5. The van der Waals surface area contributed by atoms with Gasteiger partial charge in [-0.05, 0) is 24.3 Å². The lowest BCUT2D eigenvalue weighted by molar-refractivity contribution is -0.133. The largest absolute Gasteiger partial charge is 0.496 e. The number of methoxy groups -OCH3 is 1. The standard InChI is InChI=1S/C22H18O9/c1-11(23)28-15-7-5-14(6-8-15)21-22(30-13(3)25)20(26)19-17(29-12(2)24)9-16(27-4)10-18(19)31-21/h5-10H,1-4H3. The first-order chi connectivity index (χ1) is 14.7. The lowest BCUT2D eigenvalue weighted by atomic mass is 10.1. The molecule has 1 heterocycles. The van der Waals surface area contributed by atoms with E-state index in [9.17, 15) is 19.2 Å². The van der Waals surface area contributed by atoms with Crippen LogP contribution >= 0.6 is 0 Å². The van der Waals surface area contributed by atoms with Gasteiger partial charge in [0.1, 0.15) is 28.2 Å². The molecule has 0 atom stereocenters. The first-order valence-corrected chi connectivity index (χ1v) is 9.04. The van der Waals surface area contributed by atoms with Gasteiger partial charge in [-0.2, -0.15) is 0 Å². The molecule has 3 rings (SSSR count). The van der Waals surface area contributed by atoms with Gasteiger partial charge >= 0.3 is 17.9 Å². The molecule has 0 N–H and O–H groups in total. The molecule has 0 bridgehead atoms. The summed E-state index contributed by atoms with van der Waals surface area (Å²) in [7, 11) is 1.40. The third-order valence-corrected chi connectivity index (χ3v) is 4.00. The Labute approximate surface area is 176 Å². The van der Waals surface area contributed by atoms with E-state index in [0.29, 0.717) is 5.56 Å². The maximum absolute atomic E-state index is 13.2. The van der Waals surface area contributed by atoms with Crippen molar-refractivity contribution in [1.82, 2.24) is 0 Å². The van der Waals surface area contributed by atoms with Crippen LogP contribution in [0.15, 0.2) is 45.6 Å². The fraction of sp³-hybridized carbons (Fsp3) is 0.182. The number of rotatable bonds is 5. The van der Waals surface area contributed by atoms with Crippen LogP contribution in [0.1, 0.15) is 20.8 Å². The molecule has 0 amide bonds. The van der Waals surface area contributed by atoms with E-state index in [2.05, 4.69) is 0 Å². The zero-order valence-electron chi connectivity index (χ0n) is 17.1. The Morgan fingerprint density at radius 1 is 0.806 bits per heavy atom. The van der Waals surface area contributed by atoms with Crippen molar-refractivity contribution in [3.63, 3.8) is 0 Å². The van der Waals surface area contributed by atoms with Crippen LogP contribution in [0.4, 0.5) is 0 Å². The Hall–Kier alpha value is -4.14. The Balaban J connectivity index is 2.29. The maximum atomic E-state index is 13.2. The fourth-order valence-corrected chi connectivity index (χ4v) is 2.86. The predicted octanol–water partition coefficient (Wildman–Crippen LogP) is 3.24. The smallest absolute Gasteiger partial charge is 0.308 e. The molecule has 0 unspecified atom stereocenters. The van der Waals surface area contributed by atoms with Gasteiger partial charge in [0.25, 0.3) is 0 Å². The Morgan fingerprint density at radius 2 is 1.42 bits per heavy atom. The molecule has 0 radical (unpaired) electrons. The number of carbonyl (C=O) groups excluding carboxylic acids is 3. The molecule has 9 heteroatoms. The SMILES string of the molecule is COc1cc(OC(C)=O)c2c(=O)c(OC(C)=O)c(-c3ccc(OC(C)=O)cc3)oc2c1. The third-order valence-electron chi connectivity index (χ3n) is 4.00. The molecule has 0 saturated carbocycles. The van der Waals surface area contributed by atoms with E-state index in [1.807, 2.05) is 0 Å². The maximum Gasteiger partial charge on any atom is 0.308 e. The Kier molecular flexibility index (Phi) is 6.05. The van der Waals surface area contributed by atoms with Gasteiger partial charge in [0, 0.05) is 38.5 Å². The van der Waals surface area contributed by atoms with E-state index in [4.69, 9.17) is 23.4 Å². The highest BCUT2D eigenvalue weighted by Crippen LogP contribution is 2.37. The third kappa shape index (κ3) is 4.72. The van der Waals surface area contributed by atoms with Crippen LogP contribution in [0.5, 0.6) is 23.0 Å². The van der Waals surface area contributed by atoms with E-state index in [1.54, 1.807) is 0 Å². The number of hydrogen-bond acceptors (Lipinski definition) is 9. The van der Waals surface area contributed by atoms with Gasteiger partial charge in [-0.3, -0.25) is 19.2 Å². The van der Waals surface area contributed by atoms with Crippen molar-refractivity contribution in [3.05, 3.63) is 46.6 Å². The Morgan fingerprint density at radius 3 is 1.97 bits per heavy atom. The van der Waals surface area contributed by atoms with Crippen molar-refractivity contribution in [2.24, 2.45) is 0 Å². The zero-order chi connectivity index (χ0) is 22.7. The average Bonchev–Trinajstić information content (AvgIpc) is 2.69. The van der Waals surface area contributed by atoms with Gasteiger partial charge < -0.3 is 23.4 Å². The van der Waals surface area contributed by atoms with Crippen LogP contribution in [0.3, 0.4) is 0 Å². The van der Waals surface area contributed by atoms with Gasteiger partial charge in [0.05, 0.1) is 7.11 Å². The second kappa shape index (κ2) is 8.70. The highest BCUT2D eigenvalue weighted by molar-refractivity contribution is 5.91. The number of esters is 3. The normalized spacial score (nSPS) is 10.5. The fourth-order valence-electron chi connectivity index (χ4n) is 2.86. The summed E-state index contributed by atoms with van der Waals surface area (Å²) in [4.78, 5) is 47.5. The van der Waals surface area contributed by atoms with Crippen LogP contribution in [0.25, 0.3) is 22.3 Å². The molecule has 1 aromatic heterocycles. The second-order valence-corrected chi connectivity index (χ2v) is 6.39. The first-order valence-electron chi connectivity index (χ1n) is 9.04. The van der Waals surface area contributed by atoms with Crippen LogP contribution in [-0.4, -0.2) is 25.0 Å². The molecule has 160 valence electrons. The summed E-state index contributed by atoms with van der Waals surface area (Å²) in [5.41, 5.74) is -0.284. The lowest BCUT2D eigenvalue weighted by Gasteiger charge is -2.13. The summed E-state index contributed by atoms with van der Waals surface area (Å²) < 4.78 is 26.4. The summed E-state index contributed by atoms with van der Waals surface area (Å²) in [5, 5.41) is -0.0902. The average molecular weight is 426 g/mol. The second-order valence-electron chi connectivity index (χ2n) is 6.39. The number of benzene rings is 2. The zero-order valence-corrected chi connectivity index (χ0v) is 17.1. The molecule has 0 saturated heterocycles. The van der Waals surface area contributed by atoms with Crippen LogP contribution in [-0.2, 0) is 14.4 Å². The van der Waals surface area contributed by atoms with Crippen molar-refractivity contribution >= 4 is 28.9 Å². The molecule has 2 aromatic carbocycles. The van der Waals surface area contributed by atoms with E-state index in [1.165, 1.54) is 57.4 Å². The van der Waals surface area contributed by atoms with Gasteiger partial charge in [0.2, 0.25) is 11.2 Å². The molecule has 0 aliphatic rings. The first kappa shape index (κ1) is 21.6. The van der Waals surface area contributed by atoms with Gasteiger partial charge in [-0.25, -0.2) is 0 Å². The summed E-state index contributed by atoms with van der Waals surface area (Å²) in [6.07, 6.45) is 0. The molecule has 3 aromatic rings. The highest BCUT2D eigenvalue weighted by Gasteiger charge is 2.23. The van der Waals surface area contributed by atoms with Crippen LogP contribution < -0.4 is 24.4 Å². The molecule has 0 fully saturated rings. The van der Waals surface area contributed by atoms with E-state index in [0.717, 1.165) is 6.92 Å². The molecule has 0 spiro atoms. The summed E-state index contributed by atoms with van der Waals surface area (Å²) in [6.45, 7) is 3.58. The minimum absolute atomic E-state index is 0.0379. The van der Waals surface area contributed by atoms with Gasteiger partial charge in [-0.1, -0.05) is 0 Å². The molecule has 0 aliphatic heterocycles. The van der Waals surface area contributed by atoms with Crippen molar-refractivity contribution in [2.45, 2.75) is 20.8 Å². The van der Waals surface area contributed by atoms with E-state index < -0.39 is 23.3 Å². The minimum atomic E-state index is -0.744. The molecule has 9 nitrogen and oxygen atoms in total. The number of carbonyl (C=O) groups is 3. The quantitative estimate of drug-likeness (QED) is 0.447. The topological polar surface area (TPSA) is 118 Å². The number of fused-ring (bicyclic) bond motifs is 1. The Bertz CT molecular complexity index is 1240. The van der Waals surface area contributed by atoms with Crippen molar-refractivity contribution in [3.8, 4) is 34.3 Å². The lowest BCUT2D eigenvalue weighted by Crippen LogP contribution is -2.15. The van der Waals surface area contributed by atoms with E-state index >= 15 is 0 Å². The van der Waals surface area contributed by atoms with Gasteiger partial charge in [0.15, 0.2) is 5.76 Å². The van der Waals surface area contributed by atoms with E-state index in [-0.39, 0.29) is 39.7 Å². The predicted molar refractivity (Wildman–Crippen MR) is 108 cm³/mol. The molecule has 0 aliphatic carbocycles. The van der Waals surface area contributed by atoms with Crippen molar-refractivity contribution < 1.29 is 37.7 Å².